The third-order valence-electron chi connectivity index (χ3n) is 1.74. The van der Waals surface area contributed by atoms with E-state index >= 15 is 0 Å². The summed E-state index contributed by atoms with van der Waals surface area (Å²) in [5.74, 6) is 0. The predicted octanol–water partition coefficient (Wildman–Crippen LogP) is -0.617. The number of hydrogen-bond donors (Lipinski definition) is 1. The van der Waals surface area contributed by atoms with Gasteiger partial charge in [0.05, 0.1) is 0 Å². The van der Waals surface area contributed by atoms with Crippen LogP contribution in [-0.2, 0) is 0 Å². The van der Waals surface area contributed by atoms with Crippen LogP contribution in [0.15, 0.2) is 0 Å². The maximum Gasteiger partial charge on any atom is 1.00 e. The van der Waals surface area contributed by atoms with Crippen molar-refractivity contribution in [2.24, 2.45) is 0 Å². The first-order valence-electron chi connectivity index (χ1n) is 4.37. The maximum atomic E-state index is 3.79. The zero-order valence-corrected chi connectivity index (χ0v) is 8.32. The molecule has 0 aromatic heterocycles. The second-order valence-electron chi connectivity index (χ2n) is 2.70. The van der Waals surface area contributed by atoms with Crippen LogP contribution < -0.4 is 24.2 Å². The fourth-order valence-corrected chi connectivity index (χ4v) is 1.11. The summed E-state index contributed by atoms with van der Waals surface area (Å²) in [6.45, 7) is 9.32. The van der Waals surface area contributed by atoms with Crippen LogP contribution in [0.5, 0.6) is 0 Å². The molecule has 0 amide bonds. The fraction of sp³-hybridized carbons (Fsp3) is 0.889. The second kappa shape index (κ2) is 10.6. The molecule has 11 heavy (non-hydrogen) atoms. The van der Waals surface area contributed by atoms with Crippen molar-refractivity contribution in [3.05, 3.63) is 6.92 Å². The molecule has 1 N–H and O–H groups in total. The van der Waals surface area contributed by atoms with Crippen molar-refractivity contribution in [3.8, 4) is 0 Å². The monoisotopic (exact) mass is 149 g/mol. The molecule has 0 rings (SSSR count). The van der Waals surface area contributed by atoms with Crippen molar-refractivity contribution in [2.75, 3.05) is 6.54 Å². The smallest absolute Gasteiger partial charge is 0.342 e. The van der Waals surface area contributed by atoms with Gasteiger partial charge in [-0.1, -0.05) is 20.3 Å². The zero-order chi connectivity index (χ0) is 7.82. The van der Waals surface area contributed by atoms with E-state index in [4.69, 9.17) is 0 Å². The number of nitrogens with one attached hydrogen (secondary N) is 1. The van der Waals surface area contributed by atoms with Crippen molar-refractivity contribution >= 4 is 0 Å². The molecule has 0 saturated carbocycles. The molecule has 0 radical (unpaired) electrons. The molecule has 0 spiro atoms. The van der Waals surface area contributed by atoms with Crippen molar-refractivity contribution in [3.63, 3.8) is 0 Å². The minimum Gasteiger partial charge on any atom is -0.342 e. The second-order valence-corrected chi connectivity index (χ2v) is 2.70. The van der Waals surface area contributed by atoms with Gasteiger partial charge in [0, 0.05) is 6.04 Å². The van der Waals surface area contributed by atoms with Crippen LogP contribution in [0.4, 0.5) is 0 Å². The van der Waals surface area contributed by atoms with Gasteiger partial charge < -0.3 is 12.2 Å². The Morgan fingerprint density at radius 2 is 2.00 bits per heavy atom. The number of hydrogen-bond acceptors (Lipinski definition) is 1. The first kappa shape index (κ1) is 14.1. The Kier molecular flexibility index (Phi) is 13.5. The van der Waals surface area contributed by atoms with Crippen LogP contribution in [0.3, 0.4) is 0 Å². The van der Waals surface area contributed by atoms with E-state index in [9.17, 15) is 0 Å². The number of rotatable bonds is 6. The molecule has 0 aliphatic rings. The van der Waals surface area contributed by atoms with Gasteiger partial charge >= 0.3 is 18.9 Å². The van der Waals surface area contributed by atoms with Gasteiger partial charge in [-0.3, -0.25) is 0 Å². The normalized spacial score (nSPS) is 12.3. The van der Waals surface area contributed by atoms with Crippen LogP contribution >= 0.6 is 0 Å². The minimum atomic E-state index is 0. The van der Waals surface area contributed by atoms with E-state index in [1.807, 2.05) is 0 Å². The average Bonchev–Trinajstić information content (AvgIpc) is 1.98. The summed E-state index contributed by atoms with van der Waals surface area (Å²) in [6.07, 6.45) is 4.83. The SMILES string of the molecule is [CH2-]CCNC(CC)CCC.[Li+]. The Labute approximate surface area is 83.5 Å². The van der Waals surface area contributed by atoms with Gasteiger partial charge in [-0.25, -0.2) is 0 Å². The minimum absolute atomic E-state index is 0. The Hall–Kier alpha value is 0.557. The molecule has 0 aliphatic heterocycles. The Balaban J connectivity index is 0. The van der Waals surface area contributed by atoms with Gasteiger partial charge in [-0.05, 0) is 19.4 Å². The summed E-state index contributed by atoms with van der Waals surface area (Å²) >= 11 is 0. The Morgan fingerprint density at radius 1 is 1.36 bits per heavy atom. The standard InChI is InChI=1S/C9H20N.Li/c1-4-7-9(6-3)10-8-5-2;/h9-10H,2,4-8H2,1,3H3;/q-1;+1. The van der Waals surface area contributed by atoms with E-state index in [1.54, 1.807) is 0 Å². The third kappa shape index (κ3) is 8.46. The molecule has 0 heterocycles. The van der Waals surface area contributed by atoms with E-state index in [1.165, 1.54) is 19.3 Å². The van der Waals surface area contributed by atoms with E-state index < -0.39 is 0 Å². The van der Waals surface area contributed by atoms with Crippen LogP contribution in [0, 0.1) is 6.92 Å². The summed E-state index contributed by atoms with van der Waals surface area (Å²) in [7, 11) is 0. The van der Waals surface area contributed by atoms with Gasteiger partial charge in [0.25, 0.3) is 0 Å². The van der Waals surface area contributed by atoms with E-state index in [0.29, 0.717) is 0 Å². The topological polar surface area (TPSA) is 12.0 Å². The van der Waals surface area contributed by atoms with Crippen molar-refractivity contribution in [1.29, 1.82) is 0 Å². The first-order chi connectivity index (χ1) is 4.85. The van der Waals surface area contributed by atoms with E-state index in [0.717, 1.165) is 19.0 Å². The van der Waals surface area contributed by atoms with Crippen molar-refractivity contribution in [1.82, 2.24) is 5.32 Å². The van der Waals surface area contributed by atoms with Crippen LogP contribution in [0.2, 0.25) is 0 Å². The van der Waals surface area contributed by atoms with Crippen LogP contribution in [0.25, 0.3) is 0 Å². The molecule has 0 aromatic carbocycles. The quantitative estimate of drug-likeness (QED) is 0.392. The maximum absolute atomic E-state index is 3.79. The summed E-state index contributed by atoms with van der Waals surface area (Å²) in [4.78, 5) is 0. The van der Waals surface area contributed by atoms with Gasteiger partial charge in [0.2, 0.25) is 0 Å². The molecule has 62 valence electrons. The van der Waals surface area contributed by atoms with Gasteiger partial charge in [0.1, 0.15) is 0 Å². The zero-order valence-electron chi connectivity index (χ0n) is 8.32. The average molecular weight is 149 g/mol. The Morgan fingerprint density at radius 3 is 2.36 bits per heavy atom. The fourth-order valence-electron chi connectivity index (χ4n) is 1.11. The molecule has 0 aromatic rings. The molecule has 0 saturated heterocycles. The van der Waals surface area contributed by atoms with Crippen LogP contribution in [-0.4, -0.2) is 12.6 Å². The molecule has 1 nitrogen and oxygen atoms in total. The molecular formula is C9H20LiN. The van der Waals surface area contributed by atoms with Crippen molar-refractivity contribution < 1.29 is 18.9 Å². The molecule has 1 unspecified atom stereocenters. The van der Waals surface area contributed by atoms with E-state index in [2.05, 4.69) is 26.1 Å². The third-order valence-corrected chi connectivity index (χ3v) is 1.74. The molecule has 0 bridgehead atoms. The predicted molar refractivity (Wildman–Crippen MR) is 47.0 cm³/mol. The summed E-state index contributed by atoms with van der Waals surface area (Å²) in [6, 6.07) is 0.728. The largest absolute Gasteiger partial charge is 1.00 e. The Bertz CT molecular complexity index is 66.6. The van der Waals surface area contributed by atoms with Gasteiger partial charge in [-0.2, -0.15) is 6.42 Å². The molecule has 0 fully saturated rings. The summed E-state index contributed by atoms with van der Waals surface area (Å²) < 4.78 is 0. The van der Waals surface area contributed by atoms with Gasteiger partial charge in [-0.15, -0.1) is 0 Å². The van der Waals surface area contributed by atoms with Gasteiger partial charge in [0.15, 0.2) is 0 Å². The van der Waals surface area contributed by atoms with E-state index in [-0.39, 0.29) is 18.9 Å². The molecular weight excluding hydrogens is 129 g/mol. The molecule has 0 aliphatic carbocycles. The van der Waals surface area contributed by atoms with Crippen molar-refractivity contribution in [2.45, 2.75) is 45.6 Å². The first-order valence-corrected chi connectivity index (χ1v) is 4.37. The van der Waals surface area contributed by atoms with Crippen LogP contribution in [0.1, 0.15) is 39.5 Å². The summed E-state index contributed by atoms with van der Waals surface area (Å²) in [5.41, 5.74) is 0. The molecule has 2 heteroatoms. The summed E-state index contributed by atoms with van der Waals surface area (Å²) in [5, 5.41) is 3.46. The molecule has 1 atom stereocenters.